The fourth-order valence-electron chi connectivity index (χ4n) is 1.75. The second-order valence-electron chi connectivity index (χ2n) is 4.46. The minimum absolute atomic E-state index is 0.806. The van der Waals surface area contributed by atoms with E-state index in [1.165, 1.54) is 16.0 Å². The molecule has 0 aliphatic rings. The van der Waals surface area contributed by atoms with Gasteiger partial charge < -0.3 is 5.32 Å². The first-order chi connectivity index (χ1) is 9.20. The molecule has 0 radical (unpaired) electrons. The van der Waals surface area contributed by atoms with Gasteiger partial charge in [0.05, 0.1) is 0 Å². The van der Waals surface area contributed by atoms with Crippen molar-refractivity contribution in [1.29, 1.82) is 0 Å². The van der Waals surface area contributed by atoms with Gasteiger partial charge in [0.25, 0.3) is 0 Å². The van der Waals surface area contributed by atoms with Crippen molar-refractivity contribution >= 4 is 11.8 Å². The third-order valence-corrected chi connectivity index (χ3v) is 3.98. The van der Waals surface area contributed by atoms with Gasteiger partial charge in [-0.1, -0.05) is 19.1 Å². The smallest absolute Gasteiger partial charge is 0.213 e. The Morgan fingerprint density at radius 3 is 2.84 bits per heavy atom. The summed E-state index contributed by atoms with van der Waals surface area (Å²) in [5.74, 6) is 0. The van der Waals surface area contributed by atoms with Gasteiger partial charge in [-0.2, -0.15) is 0 Å². The van der Waals surface area contributed by atoms with Crippen LogP contribution < -0.4 is 5.32 Å². The average Bonchev–Trinajstić information content (AvgIpc) is 2.79. The van der Waals surface area contributed by atoms with E-state index in [9.17, 15) is 0 Å². The maximum absolute atomic E-state index is 3.99. The summed E-state index contributed by atoms with van der Waals surface area (Å²) >= 11 is 1.59. The number of rotatable bonds is 6. The zero-order chi connectivity index (χ0) is 13.7. The molecule has 0 fully saturated rings. The van der Waals surface area contributed by atoms with Crippen molar-refractivity contribution in [1.82, 2.24) is 25.5 Å². The first-order valence-corrected chi connectivity index (χ1v) is 7.22. The van der Waals surface area contributed by atoms with Crippen LogP contribution in [0.15, 0.2) is 28.3 Å². The van der Waals surface area contributed by atoms with Crippen molar-refractivity contribution in [2.45, 2.75) is 36.9 Å². The lowest BCUT2D eigenvalue weighted by Gasteiger charge is -2.08. The van der Waals surface area contributed by atoms with Gasteiger partial charge in [-0.3, -0.25) is 0 Å². The van der Waals surface area contributed by atoms with Gasteiger partial charge in [-0.15, -0.1) is 5.10 Å². The predicted molar refractivity (Wildman–Crippen MR) is 76.1 cm³/mol. The highest BCUT2D eigenvalue weighted by Crippen LogP contribution is 2.28. The molecule has 2 aromatic rings. The van der Waals surface area contributed by atoms with Crippen LogP contribution in [0.25, 0.3) is 0 Å². The second kappa shape index (κ2) is 6.68. The molecular weight excluding hydrogens is 258 g/mol. The molecule has 0 aliphatic heterocycles. The van der Waals surface area contributed by atoms with Gasteiger partial charge >= 0.3 is 0 Å². The fraction of sp³-hybridized carbons (Fsp3) is 0.462. The molecule has 0 spiro atoms. The van der Waals surface area contributed by atoms with E-state index in [0.29, 0.717) is 0 Å². The molecule has 0 unspecified atom stereocenters. The van der Waals surface area contributed by atoms with Gasteiger partial charge in [0.2, 0.25) is 5.16 Å². The lowest BCUT2D eigenvalue weighted by molar-refractivity contribution is 0.664. The summed E-state index contributed by atoms with van der Waals surface area (Å²) in [6, 6.07) is 6.51. The van der Waals surface area contributed by atoms with Crippen LogP contribution in [0.3, 0.4) is 0 Å². The number of nitrogens with one attached hydrogen (secondary N) is 1. The molecule has 6 heteroatoms. The molecule has 5 nitrogen and oxygen atoms in total. The topological polar surface area (TPSA) is 55.6 Å². The summed E-state index contributed by atoms with van der Waals surface area (Å²) in [5, 5.41) is 15.7. The molecule has 0 aliphatic carbocycles. The Balaban J connectivity index is 2.05. The SMILES string of the molecule is CCCNCc1ccc(Sc2nnnn2C)c(C)c1. The maximum atomic E-state index is 3.99. The van der Waals surface area contributed by atoms with Crippen molar-refractivity contribution < 1.29 is 0 Å². The van der Waals surface area contributed by atoms with Crippen molar-refractivity contribution in [3.8, 4) is 0 Å². The second-order valence-corrected chi connectivity index (χ2v) is 5.47. The lowest BCUT2D eigenvalue weighted by atomic mass is 10.1. The predicted octanol–water partition coefficient (Wildman–Crippen LogP) is 2.17. The largest absolute Gasteiger partial charge is 0.313 e. The molecule has 0 bridgehead atoms. The third-order valence-electron chi connectivity index (χ3n) is 2.78. The van der Waals surface area contributed by atoms with Crippen LogP contribution in [0.5, 0.6) is 0 Å². The van der Waals surface area contributed by atoms with Gasteiger partial charge in [0.15, 0.2) is 0 Å². The number of aromatic nitrogens is 4. The fourth-order valence-corrected chi connectivity index (χ4v) is 2.55. The highest BCUT2D eigenvalue weighted by molar-refractivity contribution is 7.99. The van der Waals surface area contributed by atoms with E-state index in [0.717, 1.165) is 24.7 Å². The van der Waals surface area contributed by atoms with E-state index < -0.39 is 0 Å². The molecule has 0 atom stereocenters. The Bertz CT molecular complexity index is 538. The van der Waals surface area contributed by atoms with Crippen LogP contribution in [0.4, 0.5) is 0 Å². The molecule has 102 valence electrons. The number of tetrazole rings is 1. The van der Waals surface area contributed by atoms with Crippen LogP contribution in [0, 0.1) is 6.92 Å². The van der Waals surface area contributed by atoms with Crippen molar-refractivity contribution in [2.75, 3.05) is 6.54 Å². The lowest BCUT2D eigenvalue weighted by Crippen LogP contribution is -2.13. The highest BCUT2D eigenvalue weighted by Gasteiger charge is 2.07. The number of aryl methyl sites for hydroxylation is 2. The normalized spacial score (nSPS) is 10.9. The van der Waals surface area contributed by atoms with Crippen LogP contribution in [-0.2, 0) is 13.6 Å². The summed E-state index contributed by atoms with van der Waals surface area (Å²) < 4.78 is 1.68. The van der Waals surface area contributed by atoms with Crippen LogP contribution in [-0.4, -0.2) is 26.8 Å². The molecule has 19 heavy (non-hydrogen) atoms. The summed E-state index contributed by atoms with van der Waals surface area (Å²) in [4.78, 5) is 1.19. The zero-order valence-electron chi connectivity index (χ0n) is 11.6. The Hall–Kier alpha value is -1.40. The summed E-state index contributed by atoms with van der Waals surface area (Å²) in [5.41, 5.74) is 2.56. The van der Waals surface area contributed by atoms with E-state index in [1.54, 1.807) is 16.4 Å². The number of hydrogen-bond donors (Lipinski definition) is 1. The quantitative estimate of drug-likeness (QED) is 0.820. The van der Waals surface area contributed by atoms with E-state index in [1.807, 2.05) is 7.05 Å². The van der Waals surface area contributed by atoms with E-state index in [-0.39, 0.29) is 0 Å². The van der Waals surface area contributed by atoms with Gasteiger partial charge in [0.1, 0.15) is 0 Å². The molecular formula is C13H19N5S. The Morgan fingerprint density at radius 2 is 2.21 bits per heavy atom. The number of nitrogens with zero attached hydrogens (tertiary/aromatic N) is 4. The average molecular weight is 277 g/mol. The van der Waals surface area contributed by atoms with E-state index >= 15 is 0 Å². The number of hydrogen-bond acceptors (Lipinski definition) is 5. The maximum Gasteiger partial charge on any atom is 0.213 e. The molecule has 2 rings (SSSR count). The molecule has 1 aromatic heterocycles. The first-order valence-electron chi connectivity index (χ1n) is 6.41. The van der Waals surface area contributed by atoms with Crippen molar-refractivity contribution in [3.05, 3.63) is 29.3 Å². The molecule has 0 saturated heterocycles. The minimum Gasteiger partial charge on any atom is -0.313 e. The van der Waals surface area contributed by atoms with Crippen LogP contribution >= 0.6 is 11.8 Å². The van der Waals surface area contributed by atoms with Crippen LogP contribution in [0.1, 0.15) is 24.5 Å². The molecule has 0 saturated carbocycles. The monoisotopic (exact) mass is 277 g/mol. The molecule has 1 aromatic carbocycles. The first kappa shape index (κ1) is 14.0. The molecule has 1 N–H and O–H groups in total. The third kappa shape index (κ3) is 3.78. The minimum atomic E-state index is 0.806. The van der Waals surface area contributed by atoms with Gasteiger partial charge in [-0.25, -0.2) is 4.68 Å². The van der Waals surface area contributed by atoms with Gasteiger partial charge in [0, 0.05) is 18.5 Å². The number of benzene rings is 1. The van der Waals surface area contributed by atoms with E-state index in [2.05, 4.69) is 52.9 Å². The van der Waals surface area contributed by atoms with Gasteiger partial charge in [-0.05, 0) is 59.3 Å². The molecule has 0 amide bonds. The van der Waals surface area contributed by atoms with E-state index in [4.69, 9.17) is 0 Å². The Kier molecular flexibility index (Phi) is 4.93. The summed E-state index contributed by atoms with van der Waals surface area (Å²) in [6.07, 6.45) is 1.16. The van der Waals surface area contributed by atoms with Crippen LogP contribution in [0.2, 0.25) is 0 Å². The zero-order valence-corrected chi connectivity index (χ0v) is 12.4. The van der Waals surface area contributed by atoms with Crippen molar-refractivity contribution in [2.24, 2.45) is 7.05 Å². The summed E-state index contributed by atoms with van der Waals surface area (Å²) in [7, 11) is 1.85. The molecule has 1 heterocycles. The van der Waals surface area contributed by atoms with Crippen molar-refractivity contribution in [3.63, 3.8) is 0 Å². The highest BCUT2D eigenvalue weighted by atomic mass is 32.2. The standard InChI is InChI=1S/C13H19N5S/c1-4-7-14-9-11-5-6-12(10(2)8-11)19-13-15-16-17-18(13)3/h5-6,8,14H,4,7,9H2,1-3H3. The Morgan fingerprint density at radius 1 is 1.37 bits per heavy atom. The summed E-state index contributed by atoms with van der Waals surface area (Å²) in [6.45, 7) is 6.27. The Labute approximate surface area is 117 Å².